The first-order chi connectivity index (χ1) is 12.6. The van der Waals surface area contributed by atoms with E-state index < -0.39 is 5.03 Å². The molecule has 1 fully saturated rings. The quantitative estimate of drug-likeness (QED) is 0.316. The number of nitrogens with one attached hydrogen (secondary N) is 2. The lowest BCUT2D eigenvalue weighted by Gasteiger charge is -2.20. The average molecular weight is 356 g/mol. The van der Waals surface area contributed by atoms with Gasteiger partial charge in [-0.15, -0.1) is 0 Å². The van der Waals surface area contributed by atoms with Crippen LogP contribution in [0, 0.1) is 16.0 Å². The first-order valence-corrected chi connectivity index (χ1v) is 9.00. The van der Waals surface area contributed by atoms with Crippen molar-refractivity contribution in [1.82, 2.24) is 9.97 Å². The molecule has 0 amide bonds. The van der Waals surface area contributed by atoms with Crippen LogP contribution in [0.2, 0.25) is 0 Å². The summed E-state index contributed by atoms with van der Waals surface area (Å²) in [5.74, 6) is 1.61. The molecule has 26 heavy (non-hydrogen) atoms. The number of hydrogen-bond donors (Lipinski definition) is 3. The summed E-state index contributed by atoms with van der Waals surface area (Å²) in [5.41, 5.74) is 8.03. The highest BCUT2D eigenvalue weighted by atomic mass is 16.7. The second-order valence-electron chi connectivity index (χ2n) is 6.71. The van der Waals surface area contributed by atoms with Crippen molar-refractivity contribution in [2.24, 2.45) is 16.8 Å². The van der Waals surface area contributed by atoms with Gasteiger partial charge in [0.2, 0.25) is 0 Å². The van der Waals surface area contributed by atoms with Gasteiger partial charge < -0.3 is 16.0 Å². The molecule has 0 aliphatic heterocycles. The highest BCUT2D eigenvalue weighted by molar-refractivity contribution is 5.91. The minimum absolute atomic E-state index is 0.255. The van der Waals surface area contributed by atoms with Crippen molar-refractivity contribution in [2.45, 2.75) is 44.9 Å². The summed E-state index contributed by atoms with van der Waals surface area (Å²) in [5, 5.41) is 15.1. The SMILES string of the molecule is N/C(=N\[N+](=O)[O-])Nc1ccc(-c2cnc(CCC3CCCCC3)[nH]2)cc1. The minimum Gasteiger partial charge on any atom is -0.364 e. The largest absolute Gasteiger partial charge is 0.364 e. The van der Waals surface area contributed by atoms with Crippen LogP contribution in [0.15, 0.2) is 35.6 Å². The van der Waals surface area contributed by atoms with Crippen LogP contribution in [0.4, 0.5) is 5.69 Å². The molecule has 0 saturated heterocycles. The lowest BCUT2D eigenvalue weighted by atomic mass is 9.86. The van der Waals surface area contributed by atoms with Gasteiger partial charge in [0.1, 0.15) is 10.9 Å². The molecule has 0 bridgehead atoms. The smallest absolute Gasteiger partial charge is 0.270 e. The van der Waals surface area contributed by atoms with Gasteiger partial charge >= 0.3 is 0 Å². The van der Waals surface area contributed by atoms with Gasteiger partial charge in [-0.2, -0.15) is 0 Å². The van der Waals surface area contributed by atoms with E-state index in [1.54, 1.807) is 12.1 Å². The molecule has 0 unspecified atom stereocenters. The zero-order valence-corrected chi connectivity index (χ0v) is 14.6. The molecule has 1 heterocycles. The molecule has 3 rings (SSSR count). The lowest BCUT2D eigenvalue weighted by Crippen LogP contribution is -2.23. The van der Waals surface area contributed by atoms with Crippen molar-refractivity contribution < 1.29 is 5.03 Å². The maximum Gasteiger partial charge on any atom is 0.270 e. The number of benzene rings is 1. The molecule has 1 saturated carbocycles. The third-order valence-corrected chi connectivity index (χ3v) is 4.80. The number of guanidine groups is 1. The van der Waals surface area contributed by atoms with Crippen molar-refractivity contribution >= 4 is 11.6 Å². The van der Waals surface area contributed by atoms with E-state index in [9.17, 15) is 10.1 Å². The van der Waals surface area contributed by atoms with Gasteiger partial charge in [0.05, 0.1) is 11.9 Å². The molecule has 1 aromatic carbocycles. The fourth-order valence-corrected chi connectivity index (χ4v) is 3.45. The maximum atomic E-state index is 10.3. The molecule has 138 valence electrons. The van der Waals surface area contributed by atoms with E-state index >= 15 is 0 Å². The van der Waals surface area contributed by atoms with E-state index in [4.69, 9.17) is 5.73 Å². The summed E-state index contributed by atoms with van der Waals surface area (Å²) in [4.78, 5) is 18.2. The van der Waals surface area contributed by atoms with Crippen molar-refractivity contribution in [3.63, 3.8) is 0 Å². The summed E-state index contributed by atoms with van der Waals surface area (Å²) < 4.78 is 0. The lowest BCUT2D eigenvalue weighted by molar-refractivity contribution is -0.485. The molecule has 4 N–H and O–H groups in total. The van der Waals surface area contributed by atoms with Gasteiger partial charge in [-0.05, 0) is 30.0 Å². The molecule has 1 aromatic heterocycles. The molecular formula is C18H24N6O2. The monoisotopic (exact) mass is 356 g/mol. The number of nitrogens with two attached hydrogens (primary N) is 1. The summed E-state index contributed by atoms with van der Waals surface area (Å²) in [6.07, 6.45) is 10.9. The van der Waals surface area contributed by atoms with Gasteiger partial charge in [-0.25, -0.2) is 15.1 Å². The van der Waals surface area contributed by atoms with E-state index in [-0.39, 0.29) is 5.96 Å². The van der Waals surface area contributed by atoms with Crippen LogP contribution in [0.1, 0.15) is 44.3 Å². The van der Waals surface area contributed by atoms with Crippen LogP contribution in [0.25, 0.3) is 11.3 Å². The first kappa shape index (κ1) is 17.9. The minimum atomic E-state index is -0.837. The summed E-state index contributed by atoms with van der Waals surface area (Å²) in [6.45, 7) is 0. The summed E-state index contributed by atoms with van der Waals surface area (Å²) >= 11 is 0. The van der Waals surface area contributed by atoms with Gasteiger partial charge in [0, 0.05) is 12.1 Å². The predicted octanol–water partition coefficient (Wildman–Crippen LogP) is 3.51. The Labute approximate surface area is 152 Å². The Balaban J connectivity index is 1.57. The van der Waals surface area contributed by atoms with E-state index in [2.05, 4.69) is 20.4 Å². The van der Waals surface area contributed by atoms with E-state index in [0.717, 1.165) is 29.4 Å². The maximum absolute atomic E-state index is 10.3. The van der Waals surface area contributed by atoms with Crippen LogP contribution < -0.4 is 11.1 Å². The molecule has 8 nitrogen and oxygen atoms in total. The Morgan fingerprint density at radius 3 is 2.73 bits per heavy atom. The Bertz CT molecular complexity index is 762. The van der Waals surface area contributed by atoms with E-state index in [1.165, 1.54) is 38.5 Å². The highest BCUT2D eigenvalue weighted by Gasteiger charge is 2.14. The number of H-pyrrole nitrogens is 1. The van der Waals surface area contributed by atoms with Crippen LogP contribution in [0.5, 0.6) is 0 Å². The molecule has 1 aliphatic carbocycles. The fraction of sp³-hybridized carbons (Fsp3) is 0.444. The molecule has 0 spiro atoms. The average Bonchev–Trinajstić information content (AvgIpc) is 3.10. The zero-order valence-electron chi connectivity index (χ0n) is 14.6. The number of aromatic nitrogens is 2. The van der Waals surface area contributed by atoms with E-state index in [1.807, 2.05) is 18.3 Å². The number of aromatic amines is 1. The Kier molecular flexibility index (Phi) is 5.83. The normalized spacial score (nSPS) is 15.8. The number of anilines is 1. The molecule has 0 atom stereocenters. The number of hydrogen-bond acceptors (Lipinski definition) is 3. The Hall–Kier alpha value is -2.90. The second-order valence-corrected chi connectivity index (χ2v) is 6.71. The van der Waals surface area contributed by atoms with Crippen molar-refractivity contribution in [3.8, 4) is 11.3 Å². The van der Waals surface area contributed by atoms with Crippen LogP contribution >= 0.6 is 0 Å². The molecule has 0 radical (unpaired) electrons. The van der Waals surface area contributed by atoms with E-state index in [0.29, 0.717) is 5.69 Å². The predicted molar refractivity (Wildman–Crippen MR) is 101 cm³/mol. The van der Waals surface area contributed by atoms with Gasteiger partial charge in [0.25, 0.3) is 5.96 Å². The van der Waals surface area contributed by atoms with Crippen LogP contribution in [-0.2, 0) is 6.42 Å². The molecule has 1 aliphatic rings. The van der Waals surface area contributed by atoms with Crippen LogP contribution in [-0.4, -0.2) is 21.0 Å². The molecular weight excluding hydrogens is 332 g/mol. The van der Waals surface area contributed by atoms with Crippen molar-refractivity contribution in [1.29, 1.82) is 0 Å². The first-order valence-electron chi connectivity index (χ1n) is 9.00. The summed E-state index contributed by atoms with van der Waals surface area (Å²) in [6, 6.07) is 7.39. The van der Waals surface area contributed by atoms with Gasteiger partial charge in [0.15, 0.2) is 5.03 Å². The number of nitrogens with zero attached hydrogens (tertiary/aromatic N) is 3. The molecule has 8 heteroatoms. The van der Waals surface area contributed by atoms with Gasteiger partial charge in [-0.3, -0.25) is 0 Å². The summed E-state index contributed by atoms with van der Waals surface area (Å²) in [7, 11) is 0. The fourth-order valence-electron chi connectivity index (χ4n) is 3.45. The number of aryl methyl sites for hydroxylation is 1. The zero-order chi connectivity index (χ0) is 18.4. The Morgan fingerprint density at radius 1 is 1.31 bits per heavy atom. The third kappa shape index (κ3) is 5.05. The number of nitro groups is 1. The second kappa shape index (κ2) is 8.46. The van der Waals surface area contributed by atoms with Crippen molar-refractivity contribution in [3.05, 3.63) is 46.4 Å². The standard InChI is InChI=1S/C18H24N6O2/c19-18(23-24(25)26)21-15-9-7-14(8-10-15)16-12-20-17(22-16)11-6-13-4-2-1-3-5-13/h7-10,12-13H,1-6,11H2,(H,20,22)(H3,19,21,23). The number of rotatable bonds is 6. The number of imidazole rings is 1. The topological polar surface area (TPSA) is 122 Å². The Morgan fingerprint density at radius 2 is 2.04 bits per heavy atom. The van der Waals surface area contributed by atoms with Gasteiger partial charge in [-0.1, -0.05) is 44.2 Å². The highest BCUT2D eigenvalue weighted by Crippen LogP contribution is 2.27. The van der Waals surface area contributed by atoms with Crippen LogP contribution in [0.3, 0.4) is 0 Å². The van der Waals surface area contributed by atoms with Crippen molar-refractivity contribution in [2.75, 3.05) is 5.32 Å². The third-order valence-electron chi connectivity index (χ3n) is 4.80. The number of hydrazone groups is 1. The molecule has 2 aromatic rings.